The van der Waals surface area contributed by atoms with Gasteiger partial charge in [-0.1, -0.05) is 36.4 Å². The van der Waals surface area contributed by atoms with Gasteiger partial charge in [-0.05, 0) is 36.6 Å². The molecule has 0 unspecified atom stereocenters. The first-order valence-electron chi connectivity index (χ1n) is 8.13. The topological polar surface area (TPSA) is 46.6 Å². The Morgan fingerprint density at radius 3 is 2.72 bits per heavy atom. The molecule has 128 valence electrons. The number of benzene rings is 2. The van der Waals surface area contributed by atoms with Gasteiger partial charge >= 0.3 is 5.97 Å². The lowest BCUT2D eigenvalue weighted by molar-refractivity contribution is -0.142. The lowest BCUT2D eigenvalue weighted by Crippen LogP contribution is -2.38. The number of carbonyl (C=O) groups excluding carboxylic acids is 2. The number of aryl methyl sites for hydroxylation is 1. The van der Waals surface area contributed by atoms with Crippen LogP contribution in [0.1, 0.15) is 17.5 Å². The van der Waals surface area contributed by atoms with Crippen molar-refractivity contribution in [1.29, 1.82) is 0 Å². The van der Waals surface area contributed by atoms with Gasteiger partial charge in [-0.3, -0.25) is 4.79 Å². The van der Waals surface area contributed by atoms with E-state index in [1.807, 2.05) is 24.3 Å². The highest BCUT2D eigenvalue weighted by atomic mass is 19.1. The number of hydrogen-bond acceptors (Lipinski definition) is 3. The van der Waals surface area contributed by atoms with Gasteiger partial charge in [0.1, 0.15) is 5.82 Å². The molecule has 1 aliphatic heterocycles. The van der Waals surface area contributed by atoms with Gasteiger partial charge in [-0.2, -0.15) is 0 Å². The number of fused-ring (bicyclic) bond motifs is 1. The third-order valence-corrected chi connectivity index (χ3v) is 4.05. The summed E-state index contributed by atoms with van der Waals surface area (Å²) in [5, 5.41) is 0. The van der Waals surface area contributed by atoms with E-state index in [0.717, 1.165) is 30.2 Å². The van der Waals surface area contributed by atoms with Gasteiger partial charge in [0.05, 0.1) is 0 Å². The van der Waals surface area contributed by atoms with E-state index in [1.165, 1.54) is 12.1 Å². The van der Waals surface area contributed by atoms with E-state index in [0.29, 0.717) is 6.54 Å². The van der Waals surface area contributed by atoms with Gasteiger partial charge in [-0.25, -0.2) is 9.18 Å². The van der Waals surface area contributed by atoms with Gasteiger partial charge in [0, 0.05) is 23.9 Å². The minimum atomic E-state index is -0.679. The van der Waals surface area contributed by atoms with Gasteiger partial charge in [0.25, 0.3) is 5.91 Å². The van der Waals surface area contributed by atoms with E-state index >= 15 is 0 Å². The van der Waals surface area contributed by atoms with Crippen LogP contribution < -0.4 is 4.90 Å². The van der Waals surface area contributed by atoms with Gasteiger partial charge in [0.15, 0.2) is 6.61 Å². The Balaban J connectivity index is 1.58. The Morgan fingerprint density at radius 1 is 1.12 bits per heavy atom. The zero-order valence-corrected chi connectivity index (χ0v) is 13.7. The monoisotopic (exact) mass is 339 g/mol. The zero-order chi connectivity index (χ0) is 17.6. The molecule has 0 aliphatic carbocycles. The van der Waals surface area contributed by atoms with Crippen LogP contribution in [-0.4, -0.2) is 25.0 Å². The Morgan fingerprint density at radius 2 is 1.88 bits per heavy atom. The predicted octanol–water partition coefficient (Wildman–Crippen LogP) is 3.36. The SMILES string of the molecule is O=C(/C=C/c1ccccc1F)OCC(=O)N1CCCc2ccccc21. The maximum Gasteiger partial charge on any atom is 0.331 e. The first kappa shape index (κ1) is 16.9. The van der Waals surface area contributed by atoms with Gasteiger partial charge < -0.3 is 9.64 Å². The fraction of sp³-hybridized carbons (Fsp3) is 0.200. The molecule has 2 aromatic carbocycles. The zero-order valence-electron chi connectivity index (χ0n) is 13.7. The van der Waals surface area contributed by atoms with Crippen LogP contribution in [-0.2, 0) is 20.7 Å². The molecule has 0 aromatic heterocycles. The molecule has 3 rings (SSSR count). The van der Waals surface area contributed by atoms with Crippen molar-refractivity contribution < 1.29 is 18.7 Å². The molecular weight excluding hydrogens is 321 g/mol. The van der Waals surface area contributed by atoms with Gasteiger partial charge in [-0.15, -0.1) is 0 Å². The molecule has 5 heteroatoms. The summed E-state index contributed by atoms with van der Waals surface area (Å²) in [5.41, 5.74) is 2.28. The van der Waals surface area contributed by atoms with E-state index in [9.17, 15) is 14.0 Å². The summed E-state index contributed by atoms with van der Waals surface area (Å²) < 4.78 is 18.5. The second kappa shape index (κ2) is 7.75. The minimum Gasteiger partial charge on any atom is -0.452 e. The quantitative estimate of drug-likeness (QED) is 0.634. The molecule has 1 amide bonds. The van der Waals surface area contributed by atoms with Gasteiger partial charge in [0.2, 0.25) is 0 Å². The number of ether oxygens (including phenoxy) is 1. The molecule has 0 saturated heterocycles. The second-order valence-corrected chi connectivity index (χ2v) is 5.74. The minimum absolute atomic E-state index is 0.264. The number of halogens is 1. The maximum atomic E-state index is 13.5. The Bertz CT molecular complexity index is 816. The van der Waals surface area contributed by atoms with Crippen LogP contribution in [0, 0.1) is 5.82 Å². The van der Waals surface area contributed by atoms with Crippen molar-refractivity contribution in [2.75, 3.05) is 18.1 Å². The first-order chi connectivity index (χ1) is 12.1. The number of esters is 1. The molecule has 1 heterocycles. The van der Waals surface area contributed by atoms with Crippen molar-refractivity contribution in [2.24, 2.45) is 0 Å². The van der Waals surface area contributed by atoms with E-state index in [4.69, 9.17) is 4.74 Å². The van der Waals surface area contributed by atoms with Crippen LogP contribution in [0.25, 0.3) is 6.08 Å². The molecular formula is C20H18FNO3. The highest BCUT2D eigenvalue weighted by Crippen LogP contribution is 2.26. The predicted molar refractivity (Wildman–Crippen MR) is 93.5 cm³/mol. The highest BCUT2D eigenvalue weighted by Gasteiger charge is 2.22. The first-order valence-corrected chi connectivity index (χ1v) is 8.13. The number of rotatable bonds is 4. The summed E-state index contributed by atoms with van der Waals surface area (Å²) in [6.45, 7) is 0.271. The molecule has 0 N–H and O–H groups in total. The van der Waals surface area contributed by atoms with Crippen molar-refractivity contribution in [1.82, 2.24) is 0 Å². The molecule has 0 spiro atoms. The van der Waals surface area contributed by atoms with Crippen molar-refractivity contribution in [3.63, 3.8) is 0 Å². The standard InChI is InChI=1S/C20H18FNO3/c21-17-9-3-1-6-15(17)11-12-20(24)25-14-19(23)22-13-5-8-16-7-2-4-10-18(16)22/h1-4,6-7,9-12H,5,8,13-14H2/b12-11+. The largest absolute Gasteiger partial charge is 0.452 e. The molecule has 0 atom stereocenters. The average Bonchev–Trinajstić information content (AvgIpc) is 2.65. The summed E-state index contributed by atoms with van der Waals surface area (Å²) in [7, 11) is 0. The smallest absolute Gasteiger partial charge is 0.331 e. The second-order valence-electron chi connectivity index (χ2n) is 5.74. The summed E-state index contributed by atoms with van der Waals surface area (Å²) in [6, 6.07) is 13.8. The van der Waals surface area contributed by atoms with E-state index in [1.54, 1.807) is 23.1 Å². The van der Waals surface area contributed by atoms with Crippen molar-refractivity contribution >= 4 is 23.6 Å². The van der Waals surface area contributed by atoms with Crippen LogP contribution in [0.3, 0.4) is 0 Å². The number of hydrogen-bond donors (Lipinski definition) is 0. The number of para-hydroxylation sites is 1. The van der Waals surface area contributed by atoms with Crippen LogP contribution in [0.2, 0.25) is 0 Å². The van der Waals surface area contributed by atoms with Crippen molar-refractivity contribution in [3.05, 3.63) is 71.6 Å². The number of anilines is 1. The van der Waals surface area contributed by atoms with E-state index < -0.39 is 11.8 Å². The fourth-order valence-electron chi connectivity index (χ4n) is 2.82. The Kier molecular flexibility index (Phi) is 5.23. The Hall–Kier alpha value is -2.95. The van der Waals surface area contributed by atoms with E-state index in [-0.39, 0.29) is 18.1 Å². The maximum absolute atomic E-state index is 13.5. The number of carbonyl (C=O) groups is 2. The molecule has 25 heavy (non-hydrogen) atoms. The van der Waals surface area contributed by atoms with Crippen LogP contribution in [0.4, 0.5) is 10.1 Å². The van der Waals surface area contributed by atoms with E-state index in [2.05, 4.69) is 0 Å². The summed E-state index contributed by atoms with van der Waals surface area (Å²) in [4.78, 5) is 25.8. The third-order valence-electron chi connectivity index (χ3n) is 4.05. The molecule has 0 radical (unpaired) electrons. The van der Waals surface area contributed by atoms with Crippen LogP contribution >= 0.6 is 0 Å². The van der Waals surface area contributed by atoms with Crippen LogP contribution in [0.5, 0.6) is 0 Å². The highest BCUT2D eigenvalue weighted by molar-refractivity contribution is 5.97. The van der Waals surface area contributed by atoms with Crippen molar-refractivity contribution in [2.45, 2.75) is 12.8 Å². The normalized spacial score (nSPS) is 13.6. The summed E-state index contributed by atoms with van der Waals surface area (Å²) in [5.74, 6) is -1.37. The average molecular weight is 339 g/mol. The lowest BCUT2D eigenvalue weighted by atomic mass is 10.0. The number of nitrogens with zero attached hydrogens (tertiary/aromatic N) is 1. The third kappa shape index (κ3) is 4.12. The summed E-state index contributed by atoms with van der Waals surface area (Å²) >= 11 is 0. The Labute approximate surface area is 145 Å². The van der Waals surface area contributed by atoms with Crippen LogP contribution in [0.15, 0.2) is 54.6 Å². The fourth-order valence-corrected chi connectivity index (χ4v) is 2.82. The molecule has 4 nitrogen and oxygen atoms in total. The van der Waals surface area contributed by atoms with Crippen molar-refractivity contribution in [3.8, 4) is 0 Å². The molecule has 0 bridgehead atoms. The lowest BCUT2D eigenvalue weighted by Gasteiger charge is -2.29. The molecule has 0 fully saturated rings. The molecule has 2 aromatic rings. The number of amides is 1. The summed E-state index contributed by atoms with van der Waals surface area (Å²) in [6.07, 6.45) is 4.27. The molecule has 0 saturated carbocycles. The molecule has 1 aliphatic rings.